The van der Waals surface area contributed by atoms with E-state index in [2.05, 4.69) is 15.0 Å². The van der Waals surface area contributed by atoms with Crippen molar-refractivity contribution in [1.29, 1.82) is 0 Å². The Morgan fingerprint density at radius 1 is 1.18 bits per heavy atom. The molecule has 0 bridgehead atoms. The Balaban J connectivity index is 2.20. The van der Waals surface area contributed by atoms with Crippen molar-refractivity contribution < 1.29 is 13.2 Å². The van der Waals surface area contributed by atoms with Crippen molar-refractivity contribution in [1.82, 2.24) is 19.5 Å². The molecule has 0 amide bonds. The molecule has 3 N–H and O–H groups in total. The number of H-pyrrole nitrogens is 1. The number of aromatic nitrogens is 4. The van der Waals surface area contributed by atoms with Crippen molar-refractivity contribution in [2.24, 2.45) is 0 Å². The summed E-state index contributed by atoms with van der Waals surface area (Å²) in [4.78, 5) is 21.0. The Bertz CT molecular complexity index is 882. The number of aromatic amines is 1. The van der Waals surface area contributed by atoms with Gasteiger partial charge in [0, 0.05) is 0 Å². The highest BCUT2D eigenvalue weighted by Crippen LogP contribution is 2.28. The van der Waals surface area contributed by atoms with Crippen LogP contribution in [-0.2, 0) is 12.7 Å². The van der Waals surface area contributed by atoms with Gasteiger partial charge < -0.3 is 10.7 Å². The summed E-state index contributed by atoms with van der Waals surface area (Å²) in [5, 5.41) is 0. The summed E-state index contributed by atoms with van der Waals surface area (Å²) in [7, 11) is 0. The van der Waals surface area contributed by atoms with Gasteiger partial charge in [0.1, 0.15) is 5.52 Å². The van der Waals surface area contributed by atoms with Crippen LogP contribution in [0.2, 0.25) is 0 Å². The molecule has 0 saturated carbocycles. The number of imidazole rings is 1. The molecule has 0 unspecified atom stereocenters. The smallest absolute Gasteiger partial charge is 0.382 e. The van der Waals surface area contributed by atoms with Gasteiger partial charge >= 0.3 is 11.9 Å². The first kappa shape index (κ1) is 14.1. The molecule has 22 heavy (non-hydrogen) atoms. The third kappa shape index (κ3) is 2.41. The quantitative estimate of drug-likeness (QED) is 0.755. The van der Waals surface area contributed by atoms with E-state index in [1.54, 1.807) is 30.3 Å². The third-order valence-corrected chi connectivity index (χ3v) is 3.09. The van der Waals surface area contributed by atoms with Crippen LogP contribution in [0.4, 0.5) is 19.0 Å². The Hall–Kier alpha value is -2.84. The molecule has 0 aliphatic heterocycles. The minimum absolute atomic E-state index is 0.00562. The standard InChI is InChI=1S/C13H10F3N5O/c14-13(15,16)11-19-9(17)8-10(20-11)21(12(22)18-8)6-7-4-2-1-3-5-7/h1-5H,6H2,(H,18,22)(H2,17,19,20). The van der Waals surface area contributed by atoms with Crippen LogP contribution in [0.5, 0.6) is 0 Å². The van der Waals surface area contributed by atoms with E-state index in [-0.39, 0.29) is 17.7 Å². The van der Waals surface area contributed by atoms with Gasteiger partial charge in [0.05, 0.1) is 6.54 Å². The van der Waals surface area contributed by atoms with Crippen LogP contribution >= 0.6 is 0 Å². The normalized spacial score (nSPS) is 12.0. The summed E-state index contributed by atoms with van der Waals surface area (Å²) >= 11 is 0. The predicted molar refractivity (Wildman–Crippen MR) is 73.1 cm³/mol. The van der Waals surface area contributed by atoms with Gasteiger partial charge in [-0.1, -0.05) is 30.3 Å². The number of hydrogen-bond donors (Lipinski definition) is 2. The molecule has 2 heterocycles. The first-order valence-electron chi connectivity index (χ1n) is 6.23. The van der Waals surface area contributed by atoms with E-state index in [1.807, 2.05) is 0 Å². The van der Waals surface area contributed by atoms with Crippen LogP contribution in [-0.4, -0.2) is 19.5 Å². The zero-order chi connectivity index (χ0) is 15.9. The predicted octanol–water partition coefficient (Wildman–Crippen LogP) is 1.77. The molecule has 0 aliphatic carbocycles. The molecule has 114 valence electrons. The largest absolute Gasteiger partial charge is 0.451 e. The van der Waals surface area contributed by atoms with E-state index in [0.717, 1.165) is 10.1 Å². The molecular weight excluding hydrogens is 299 g/mol. The van der Waals surface area contributed by atoms with Gasteiger partial charge in [0.2, 0.25) is 5.82 Å². The first-order valence-corrected chi connectivity index (χ1v) is 6.23. The van der Waals surface area contributed by atoms with Crippen molar-refractivity contribution in [3.63, 3.8) is 0 Å². The number of nitrogens with zero attached hydrogens (tertiary/aromatic N) is 3. The molecule has 0 fully saturated rings. The molecule has 0 aliphatic rings. The maximum atomic E-state index is 12.8. The SMILES string of the molecule is Nc1nc(C(F)(F)F)nc2c1[nH]c(=O)n2Cc1ccccc1. The number of nitrogens with one attached hydrogen (secondary N) is 1. The molecular formula is C13H10F3N5O. The zero-order valence-electron chi connectivity index (χ0n) is 11.1. The van der Waals surface area contributed by atoms with E-state index < -0.39 is 23.5 Å². The maximum Gasteiger partial charge on any atom is 0.451 e. The van der Waals surface area contributed by atoms with Gasteiger partial charge in [-0.15, -0.1) is 0 Å². The molecule has 6 nitrogen and oxygen atoms in total. The number of fused-ring (bicyclic) bond motifs is 1. The highest BCUT2D eigenvalue weighted by atomic mass is 19.4. The lowest BCUT2D eigenvalue weighted by molar-refractivity contribution is -0.144. The molecule has 0 spiro atoms. The Labute approximate surface area is 121 Å². The van der Waals surface area contributed by atoms with Crippen LogP contribution in [0, 0.1) is 0 Å². The van der Waals surface area contributed by atoms with Crippen LogP contribution in [0.15, 0.2) is 35.1 Å². The number of hydrogen-bond acceptors (Lipinski definition) is 4. The second kappa shape index (κ2) is 4.86. The van der Waals surface area contributed by atoms with Gasteiger partial charge in [0.15, 0.2) is 11.5 Å². The fourth-order valence-electron chi connectivity index (χ4n) is 2.09. The number of alkyl halides is 3. The number of anilines is 1. The second-order valence-corrected chi connectivity index (χ2v) is 4.63. The molecule has 9 heteroatoms. The highest BCUT2D eigenvalue weighted by molar-refractivity contribution is 5.81. The average Bonchev–Trinajstić information content (AvgIpc) is 2.77. The van der Waals surface area contributed by atoms with Crippen molar-refractivity contribution >= 4 is 17.0 Å². The van der Waals surface area contributed by atoms with E-state index >= 15 is 0 Å². The Kier molecular flexibility index (Phi) is 3.12. The maximum absolute atomic E-state index is 12.8. The van der Waals surface area contributed by atoms with Gasteiger partial charge in [-0.3, -0.25) is 4.57 Å². The van der Waals surface area contributed by atoms with Crippen LogP contribution in [0.1, 0.15) is 11.4 Å². The molecule has 2 aromatic heterocycles. The monoisotopic (exact) mass is 309 g/mol. The fourth-order valence-corrected chi connectivity index (χ4v) is 2.09. The Morgan fingerprint density at radius 3 is 2.50 bits per heavy atom. The summed E-state index contributed by atoms with van der Waals surface area (Å²) in [6, 6.07) is 8.82. The topological polar surface area (TPSA) is 89.6 Å². The summed E-state index contributed by atoms with van der Waals surface area (Å²) in [6.07, 6.45) is -4.74. The minimum Gasteiger partial charge on any atom is -0.382 e. The summed E-state index contributed by atoms with van der Waals surface area (Å²) < 4.78 is 39.4. The number of rotatable bonds is 2. The second-order valence-electron chi connectivity index (χ2n) is 4.63. The van der Waals surface area contributed by atoms with Gasteiger partial charge in [-0.2, -0.15) is 13.2 Å². The molecule has 0 saturated heterocycles. The zero-order valence-corrected chi connectivity index (χ0v) is 11.1. The minimum atomic E-state index is -4.74. The van der Waals surface area contributed by atoms with Crippen molar-refractivity contribution in [2.75, 3.05) is 5.73 Å². The fraction of sp³-hybridized carbons (Fsp3) is 0.154. The van der Waals surface area contributed by atoms with Gasteiger partial charge in [-0.05, 0) is 5.56 Å². The van der Waals surface area contributed by atoms with Crippen LogP contribution in [0.3, 0.4) is 0 Å². The van der Waals surface area contributed by atoms with E-state index in [1.165, 1.54) is 0 Å². The van der Waals surface area contributed by atoms with Crippen molar-refractivity contribution in [3.8, 4) is 0 Å². The average molecular weight is 309 g/mol. The molecule has 1 aromatic carbocycles. The third-order valence-electron chi connectivity index (χ3n) is 3.09. The van der Waals surface area contributed by atoms with Crippen molar-refractivity contribution in [2.45, 2.75) is 12.7 Å². The lowest BCUT2D eigenvalue weighted by Crippen LogP contribution is -2.18. The first-order chi connectivity index (χ1) is 10.4. The number of halogens is 3. The number of nitrogen functional groups attached to an aromatic ring is 1. The van der Waals surface area contributed by atoms with E-state index in [9.17, 15) is 18.0 Å². The van der Waals surface area contributed by atoms with E-state index in [4.69, 9.17) is 5.73 Å². The van der Waals surface area contributed by atoms with Crippen LogP contribution < -0.4 is 11.4 Å². The molecule has 0 radical (unpaired) electrons. The van der Waals surface area contributed by atoms with Crippen molar-refractivity contribution in [3.05, 3.63) is 52.2 Å². The lowest BCUT2D eigenvalue weighted by atomic mass is 10.2. The highest BCUT2D eigenvalue weighted by Gasteiger charge is 2.36. The van der Waals surface area contributed by atoms with Crippen LogP contribution in [0.25, 0.3) is 11.2 Å². The summed E-state index contributed by atoms with van der Waals surface area (Å²) in [6.45, 7) is 0.0768. The van der Waals surface area contributed by atoms with E-state index in [0.29, 0.717) is 0 Å². The molecule has 0 atom stereocenters. The molecule has 3 aromatic rings. The summed E-state index contributed by atoms with van der Waals surface area (Å²) in [5.41, 5.74) is 5.47. The molecule has 3 rings (SSSR count). The van der Waals surface area contributed by atoms with Gasteiger partial charge in [-0.25, -0.2) is 14.8 Å². The lowest BCUT2D eigenvalue weighted by Gasteiger charge is -2.07. The Morgan fingerprint density at radius 2 is 1.86 bits per heavy atom. The summed E-state index contributed by atoms with van der Waals surface area (Å²) in [5.74, 6) is -1.79. The number of nitrogens with two attached hydrogens (primary N) is 1. The van der Waals surface area contributed by atoms with Gasteiger partial charge in [0.25, 0.3) is 0 Å². The number of benzene rings is 1.